The molecule has 15 heavy (non-hydrogen) atoms. The molecule has 0 radical (unpaired) electrons. The highest BCUT2D eigenvalue weighted by Crippen LogP contribution is 2.29. The number of carboxylic acid groups (broad SMARTS) is 1. The summed E-state index contributed by atoms with van der Waals surface area (Å²) in [6.45, 7) is 0. The molecule has 3 N–H and O–H groups in total. The Morgan fingerprint density at radius 1 is 1.53 bits per heavy atom. The smallest absolute Gasteiger partial charge is 0.306 e. The minimum absolute atomic E-state index is 0.149. The van der Waals surface area contributed by atoms with E-state index < -0.39 is 18.5 Å². The summed E-state index contributed by atoms with van der Waals surface area (Å²) in [6, 6.07) is 4.27. The first-order valence-corrected chi connectivity index (χ1v) is 4.31. The van der Waals surface area contributed by atoms with Crippen LogP contribution < -0.4 is 4.74 Å². The van der Waals surface area contributed by atoms with Crippen molar-refractivity contribution in [1.29, 1.82) is 0 Å². The first kappa shape index (κ1) is 11.3. The molecule has 0 unspecified atom stereocenters. The normalized spacial score (nSPS) is 12.1. The van der Waals surface area contributed by atoms with Gasteiger partial charge in [-0.3, -0.25) is 4.79 Å². The second-order valence-electron chi connectivity index (χ2n) is 3.04. The second-order valence-corrected chi connectivity index (χ2v) is 3.04. The Hall–Kier alpha value is -1.75. The van der Waals surface area contributed by atoms with E-state index in [-0.39, 0.29) is 11.3 Å². The number of methoxy groups -OCH3 is 1. The summed E-state index contributed by atoms with van der Waals surface area (Å²) in [5, 5.41) is 27.4. The standard InChI is InChI=1S/C10H12O5/c1-15-6-2-3-8(11)7(4-6)9(12)5-10(13)14/h2-4,9,11-12H,5H2,1H3,(H,13,14)/t9-/m0/s1. The third-order valence-electron chi connectivity index (χ3n) is 1.96. The molecule has 5 nitrogen and oxygen atoms in total. The van der Waals surface area contributed by atoms with Crippen molar-refractivity contribution in [2.45, 2.75) is 12.5 Å². The Morgan fingerprint density at radius 2 is 2.20 bits per heavy atom. The van der Waals surface area contributed by atoms with Gasteiger partial charge in [0.15, 0.2) is 0 Å². The van der Waals surface area contributed by atoms with E-state index >= 15 is 0 Å². The Kier molecular flexibility index (Phi) is 3.51. The van der Waals surface area contributed by atoms with Gasteiger partial charge in [-0.2, -0.15) is 0 Å². The number of aromatic hydroxyl groups is 1. The fraction of sp³-hybridized carbons (Fsp3) is 0.300. The largest absolute Gasteiger partial charge is 0.508 e. The van der Waals surface area contributed by atoms with E-state index in [1.165, 1.54) is 25.3 Å². The molecule has 1 atom stereocenters. The Bertz CT molecular complexity index is 361. The van der Waals surface area contributed by atoms with E-state index in [2.05, 4.69) is 0 Å². The number of aliphatic hydroxyl groups is 1. The first-order valence-electron chi connectivity index (χ1n) is 4.31. The molecule has 0 aliphatic rings. The summed E-state index contributed by atoms with van der Waals surface area (Å²) >= 11 is 0. The van der Waals surface area contributed by atoms with Crippen molar-refractivity contribution in [3.05, 3.63) is 23.8 Å². The van der Waals surface area contributed by atoms with Crippen LogP contribution in [-0.2, 0) is 4.79 Å². The lowest BCUT2D eigenvalue weighted by Crippen LogP contribution is -2.05. The van der Waals surface area contributed by atoms with Gasteiger partial charge in [-0.15, -0.1) is 0 Å². The molecule has 5 heteroatoms. The average molecular weight is 212 g/mol. The van der Waals surface area contributed by atoms with Crippen molar-refractivity contribution in [2.24, 2.45) is 0 Å². The number of phenolic OH excluding ortho intramolecular Hbond substituents is 1. The summed E-state index contributed by atoms with van der Waals surface area (Å²) in [6.07, 6.45) is -1.70. The number of rotatable bonds is 4. The lowest BCUT2D eigenvalue weighted by molar-refractivity contribution is -0.139. The van der Waals surface area contributed by atoms with Crippen molar-refractivity contribution >= 4 is 5.97 Å². The molecule has 82 valence electrons. The summed E-state index contributed by atoms with van der Waals surface area (Å²) in [5.41, 5.74) is 0.150. The minimum Gasteiger partial charge on any atom is -0.508 e. The Morgan fingerprint density at radius 3 is 2.73 bits per heavy atom. The molecule has 0 saturated heterocycles. The van der Waals surface area contributed by atoms with Gasteiger partial charge in [0.1, 0.15) is 11.5 Å². The van der Waals surface area contributed by atoms with E-state index in [1.54, 1.807) is 0 Å². The molecular weight excluding hydrogens is 200 g/mol. The third-order valence-corrected chi connectivity index (χ3v) is 1.96. The van der Waals surface area contributed by atoms with Crippen LogP contribution in [0.4, 0.5) is 0 Å². The molecule has 0 aromatic heterocycles. The van der Waals surface area contributed by atoms with Crippen molar-refractivity contribution < 1.29 is 24.9 Å². The van der Waals surface area contributed by atoms with Gasteiger partial charge in [0.2, 0.25) is 0 Å². The van der Waals surface area contributed by atoms with Crippen LogP contribution in [0.3, 0.4) is 0 Å². The zero-order valence-electron chi connectivity index (χ0n) is 8.17. The van der Waals surface area contributed by atoms with Gasteiger partial charge >= 0.3 is 5.97 Å². The van der Waals surface area contributed by atoms with E-state index in [9.17, 15) is 15.0 Å². The molecule has 0 saturated carbocycles. The summed E-state index contributed by atoms with van der Waals surface area (Å²) in [7, 11) is 1.44. The molecule has 0 fully saturated rings. The fourth-order valence-electron chi connectivity index (χ4n) is 1.20. The zero-order chi connectivity index (χ0) is 11.4. The van der Waals surface area contributed by atoms with Crippen LogP contribution in [0.15, 0.2) is 18.2 Å². The Balaban J connectivity index is 2.95. The molecule has 0 spiro atoms. The number of aliphatic carboxylic acids is 1. The molecule has 0 bridgehead atoms. The van der Waals surface area contributed by atoms with Crippen molar-refractivity contribution in [1.82, 2.24) is 0 Å². The Labute approximate surface area is 86.5 Å². The SMILES string of the molecule is COc1ccc(O)c([C@@H](O)CC(=O)O)c1. The van der Waals surface area contributed by atoms with E-state index in [0.717, 1.165) is 0 Å². The minimum atomic E-state index is -1.24. The molecule has 0 heterocycles. The van der Waals surface area contributed by atoms with Crippen LogP contribution in [0.2, 0.25) is 0 Å². The monoisotopic (exact) mass is 212 g/mol. The fourth-order valence-corrected chi connectivity index (χ4v) is 1.20. The van der Waals surface area contributed by atoms with Crippen LogP contribution in [0.25, 0.3) is 0 Å². The lowest BCUT2D eigenvalue weighted by atomic mass is 10.1. The van der Waals surface area contributed by atoms with Crippen LogP contribution in [0.1, 0.15) is 18.1 Å². The van der Waals surface area contributed by atoms with Crippen LogP contribution in [-0.4, -0.2) is 28.4 Å². The highest BCUT2D eigenvalue weighted by atomic mass is 16.5. The molecule has 0 aliphatic heterocycles. The summed E-state index contributed by atoms with van der Waals surface area (Å²) < 4.78 is 4.90. The second kappa shape index (κ2) is 4.65. The van der Waals surface area contributed by atoms with Crippen molar-refractivity contribution in [3.63, 3.8) is 0 Å². The first-order chi connectivity index (χ1) is 7.04. The number of aliphatic hydroxyl groups excluding tert-OH is 1. The maximum Gasteiger partial charge on any atom is 0.306 e. The van der Waals surface area contributed by atoms with Crippen molar-refractivity contribution in [3.8, 4) is 11.5 Å². The van der Waals surface area contributed by atoms with Crippen LogP contribution in [0.5, 0.6) is 11.5 Å². The number of hydrogen-bond acceptors (Lipinski definition) is 4. The highest BCUT2D eigenvalue weighted by Gasteiger charge is 2.16. The number of phenols is 1. The number of carboxylic acids is 1. The van der Waals surface area contributed by atoms with E-state index in [1.807, 2.05) is 0 Å². The summed E-state index contributed by atoms with van der Waals surface area (Å²) in [4.78, 5) is 10.4. The van der Waals surface area contributed by atoms with Gasteiger partial charge in [-0.25, -0.2) is 0 Å². The number of benzene rings is 1. The molecule has 0 amide bonds. The maximum atomic E-state index is 10.4. The molecular formula is C10H12O5. The number of carbonyl (C=O) groups is 1. The predicted octanol–water partition coefficient (Wildman–Crippen LogP) is 0.909. The lowest BCUT2D eigenvalue weighted by Gasteiger charge is -2.11. The third kappa shape index (κ3) is 2.85. The zero-order valence-corrected chi connectivity index (χ0v) is 8.17. The molecule has 0 aliphatic carbocycles. The van der Waals surface area contributed by atoms with E-state index in [4.69, 9.17) is 9.84 Å². The highest BCUT2D eigenvalue weighted by molar-refractivity contribution is 5.68. The quantitative estimate of drug-likeness (QED) is 0.690. The van der Waals surface area contributed by atoms with E-state index in [0.29, 0.717) is 5.75 Å². The predicted molar refractivity (Wildman–Crippen MR) is 51.9 cm³/mol. The topological polar surface area (TPSA) is 87.0 Å². The van der Waals surface area contributed by atoms with Gasteiger partial charge in [-0.05, 0) is 18.2 Å². The van der Waals surface area contributed by atoms with Crippen LogP contribution in [0, 0.1) is 0 Å². The van der Waals surface area contributed by atoms with Crippen molar-refractivity contribution in [2.75, 3.05) is 7.11 Å². The number of ether oxygens (including phenoxy) is 1. The number of hydrogen-bond donors (Lipinski definition) is 3. The van der Waals surface area contributed by atoms with Gasteiger partial charge in [0.25, 0.3) is 0 Å². The molecule has 1 rings (SSSR count). The average Bonchev–Trinajstić information content (AvgIpc) is 2.17. The van der Waals surface area contributed by atoms with Gasteiger partial charge in [0.05, 0.1) is 19.6 Å². The maximum absolute atomic E-state index is 10.4. The molecule has 1 aromatic carbocycles. The van der Waals surface area contributed by atoms with Crippen LogP contribution >= 0.6 is 0 Å². The molecule has 1 aromatic rings. The van der Waals surface area contributed by atoms with Gasteiger partial charge < -0.3 is 20.1 Å². The summed E-state index contributed by atoms with van der Waals surface area (Å²) in [5.74, 6) is -0.832. The van der Waals surface area contributed by atoms with Gasteiger partial charge in [-0.1, -0.05) is 0 Å². The van der Waals surface area contributed by atoms with Gasteiger partial charge in [0, 0.05) is 5.56 Å².